The van der Waals surface area contributed by atoms with Crippen molar-refractivity contribution in [1.29, 1.82) is 0 Å². The largest absolute Gasteiger partial charge is 0.379 e. The lowest BCUT2D eigenvalue weighted by molar-refractivity contribution is 0.0326. The molecule has 8 nitrogen and oxygen atoms in total. The summed E-state index contributed by atoms with van der Waals surface area (Å²) in [6, 6.07) is 2.02. The summed E-state index contributed by atoms with van der Waals surface area (Å²) in [5.41, 5.74) is 0.939. The highest BCUT2D eigenvalue weighted by molar-refractivity contribution is 5.06. The average Bonchev–Trinajstić information content (AvgIpc) is 3.22. The first kappa shape index (κ1) is 17.6. The number of nitrogens with zero attached hydrogens (tertiary/aromatic N) is 6. The maximum absolute atomic E-state index is 5.43. The molecule has 0 saturated carbocycles. The molecule has 142 valence electrons. The Morgan fingerprint density at radius 2 is 1.96 bits per heavy atom. The summed E-state index contributed by atoms with van der Waals surface area (Å²) in [5, 5.41) is 13.0. The predicted octanol–water partition coefficient (Wildman–Crippen LogP) is 1.32. The second kappa shape index (κ2) is 7.85. The van der Waals surface area contributed by atoms with Gasteiger partial charge < -0.3 is 13.8 Å². The summed E-state index contributed by atoms with van der Waals surface area (Å²) in [5.74, 6) is 3.51. The van der Waals surface area contributed by atoms with Gasteiger partial charge in [-0.25, -0.2) is 0 Å². The van der Waals surface area contributed by atoms with Crippen molar-refractivity contribution < 1.29 is 9.26 Å². The first-order valence-electron chi connectivity index (χ1n) is 9.52. The molecule has 0 unspecified atom stereocenters. The first-order chi connectivity index (χ1) is 12.7. The van der Waals surface area contributed by atoms with E-state index in [2.05, 4.69) is 36.8 Å². The number of morpholine rings is 1. The molecule has 0 bridgehead atoms. The van der Waals surface area contributed by atoms with Crippen LogP contribution in [-0.4, -0.2) is 69.1 Å². The molecule has 2 aliphatic rings. The number of likely N-dealkylation sites (tertiary alicyclic amines) is 1. The van der Waals surface area contributed by atoms with Crippen molar-refractivity contribution >= 4 is 0 Å². The van der Waals surface area contributed by atoms with Gasteiger partial charge in [0, 0.05) is 38.7 Å². The maximum Gasteiger partial charge on any atom is 0.150 e. The van der Waals surface area contributed by atoms with E-state index in [4.69, 9.17) is 9.26 Å². The third-order valence-electron chi connectivity index (χ3n) is 5.39. The van der Waals surface area contributed by atoms with E-state index in [-0.39, 0.29) is 0 Å². The average molecular weight is 360 g/mol. The van der Waals surface area contributed by atoms with Crippen molar-refractivity contribution in [3.8, 4) is 0 Å². The van der Waals surface area contributed by atoms with Gasteiger partial charge in [0.25, 0.3) is 0 Å². The number of ether oxygens (including phenoxy) is 1. The van der Waals surface area contributed by atoms with E-state index in [0.717, 1.165) is 82.0 Å². The van der Waals surface area contributed by atoms with Crippen LogP contribution in [0.3, 0.4) is 0 Å². The topological polar surface area (TPSA) is 72.5 Å². The van der Waals surface area contributed by atoms with Gasteiger partial charge >= 0.3 is 0 Å². The Bertz CT molecular complexity index is 721. The highest BCUT2D eigenvalue weighted by atomic mass is 16.5. The van der Waals surface area contributed by atoms with Gasteiger partial charge in [-0.15, -0.1) is 10.2 Å². The summed E-state index contributed by atoms with van der Waals surface area (Å²) in [4.78, 5) is 4.82. The van der Waals surface area contributed by atoms with Crippen LogP contribution in [0.25, 0.3) is 0 Å². The van der Waals surface area contributed by atoms with Crippen molar-refractivity contribution in [1.82, 2.24) is 29.7 Å². The Balaban J connectivity index is 1.40. The zero-order valence-corrected chi connectivity index (χ0v) is 15.7. The highest BCUT2D eigenvalue weighted by Gasteiger charge is 2.27. The molecule has 2 aliphatic heterocycles. The van der Waals surface area contributed by atoms with Crippen LogP contribution >= 0.6 is 0 Å². The molecule has 8 heteroatoms. The molecule has 0 spiro atoms. The van der Waals surface area contributed by atoms with Crippen LogP contribution in [0.2, 0.25) is 0 Å². The van der Waals surface area contributed by atoms with Crippen molar-refractivity contribution in [2.75, 3.05) is 39.4 Å². The minimum Gasteiger partial charge on any atom is -0.379 e. The molecule has 1 atom stereocenters. The Kier molecular flexibility index (Phi) is 5.33. The van der Waals surface area contributed by atoms with Crippen molar-refractivity contribution in [3.05, 3.63) is 29.2 Å². The smallest absolute Gasteiger partial charge is 0.150 e. The van der Waals surface area contributed by atoms with E-state index in [9.17, 15) is 0 Å². The van der Waals surface area contributed by atoms with Crippen molar-refractivity contribution in [2.45, 2.75) is 38.8 Å². The fraction of sp³-hybridized carbons (Fsp3) is 0.722. The van der Waals surface area contributed by atoms with E-state index in [1.54, 1.807) is 0 Å². The van der Waals surface area contributed by atoms with E-state index in [1.807, 2.05) is 13.0 Å². The Labute approximate surface area is 154 Å². The predicted molar refractivity (Wildman–Crippen MR) is 95.6 cm³/mol. The summed E-state index contributed by atoms with van der Waals surface area (Å²) in [7, 11) is 2.10. The first-order valence-corrected chi connectivity index (χ1v) is 9.52. The minimum absolute atomic E-state index is 0.420. The van der Waals surface area contributed by atoms with Gasteiger partial charge in [0.1, 0.15) is 11.6 Å². The third kappa shape index (κ3) is 3.97. The minimum atomic E-state index is 0.420. The molecule has 0 aromatic carbocycles. The van der Waals surface area contributed by atoms with E-state index < -0.39 is 0 Å². The number of piperidine rings is 1. The summed E-state index contributed by atoms with van der Waals surface area (Å²) >= 11 is 0. The number of aromatic nitrogens is 4. The SMILES string of the molecule is Cc1cc(CN2CCC[C@@H](c3nnc(CN4CCOCC4)n3C)C2)on1. The molecule has 4 rings (SSSR count). The van der Waals surface area contributed by atoms with Gasteiger partial charge in [0.2, 0.25) is 0 Å². The number of aryl methyl sites for hydroxylation is 1. The molecular formula is C18H28N6O2. The van der Waals surface area contributed by atoms with Crippen LogP contribution < -0.4 is 0 Å². The maximum atomic E-state index is 5.43. The lowest BCUT2D eigenvalue weighted by Crippen LogP contribution is -2.36. The molecule has 0 aliphatic carbocycles. The molecule has 2 saturated heterocycles. The van der Waals surface area contributed by atoms with Gasteiger partial charge in [-0.05, 0) is 26.3 Å². The lowest BCUT2D eigenvalue weighted by Gasteiger charge is -2.31. The van der Waals surface area contributed by atoms with Crippen molar-refractivity contribution in [2.24, 2.45) is 7.05 Å². The quantitative estimate of drug-likeness (QED) is 0.796. The number of rotatable bonds is 5. The Morgan fingerprint density at radius 1 is 1.12 bits per heavy atom. The van der Waals surface area contributed by atoms with Gasteiger partial charge in [0.15, 0.2) is 5.76 Å². The third-order valence-corrected chi connectivity index (χ3v) is 5.39. The highest BCUT2D eigenvalue weighted by Crippen LogP contribution is 2.27. The standard InChI is InChI=1S/C18H28N6O2/c1-14-10-16(26-21-14)12-24-5-3-4-15(11-24)18-20-19-17(22(18)2)13-23-6-8-25-9-7-23/h10,15H,3-9,11-13H2,1-2H3/t15-/m1/s1. The number of hydrogen-bond acceptors (Lipinski definition) is 7. The van der Waals surface area contributed by atoms with Gasteiger partial charge in [-0.1, -0.05) is 5.16 Å². The lowest BCUT2D eigenvalue weighted by atomic mass is 9.97. The van der Waals surface area contributed by atoms with Gasteiger partial charge in [0.05, 0.1) is 32.0 Å². The van der Waals surface area contributed by atoms with Crippen molar-refractivity contribution in [3.63, 3.8) is 0 Å². The zero-order chi connectivity index (χ0) is 17.9. The molecule has 4 heterocycles. The van der Waals surface area contributed by atoms with Crippen LogP contribution in [0.5, 0.6) is 0 Å². The van der Waals surface area contributed by atoms with E-state index in [0.29, 0.717) is 5.92 Å². The fourth-order valence-electron chi connectivity index (χ4n) is 3.95. The van der Waals surface area contributed by atoms with E-state index >= 15 is 0 Å². The fourth-order valence-corrected chi connectivity index (χ4v) is 3.95. The molecule has 2 aromatic rings. The summed E-state index contributed by atoms with van der Waals surface area (Å²) < 4.78 is 13.0. The molecule has 2 fully saturated rings. The van der Waals surface area contributed by atoms with Gasteiger partial charge in [-0.2, -0.15) is 0 Å². The summed E-state index contributed by atoms with van der Waals surface area (Å²) in [6.45, 7) is 9.26. The molecule has 2 aromatic heterocycles. The van der Waals surface area contributed by atoms with Crippen LogP contribution in [0.15, 0.2) is 10.6 Å². The monoisotopic (exact) mass is 360 g/mol. The molecular weight excluding hydrogens is 332 g/mol. The Morgan fingerprint density at radius 3 is 2.73 bits per heavy atom. The van der Waals surface area contributed by atoms with Crippen LogP contribution in [0.4, 0.5) is 0 Å². The van der Waals surface area contributed by atoms with Gasteiger partial charge in [-0.3, -0.25) is 9.80 Å². The molecule has 0 radical (unpaired) electrons. The second-order valence-corrected chi connectivity index (χ2v) is 7.43. The zero-order valence-electron chi connectivity index (χ0n) is 15.7. The van der Waals surface area contributed by atoms with E-state index in [1.165, 1.54) is 6.42 Å². The molecule has 0 amide bonds. The van der Waals surface area contributed by atoms with Crippen LogP contribution in [-0.2, 0) is 24.9 Å². The van der Waals surface area contributed by atoms with Crippen LogP contribution in [0.1, 0.15) is 41.9 Å². The summed E-state index contributed by atoms with van der Waals surface area (Å²) in [6.07, 6.45) is 2.33. The second-order valence-electron chi connectivity index (χ2n) is 7.43. The Hall–Kier alpha value is -1.77. The molecule has 0 N–H and O–H groups in total. The van der Waals surface area contributed by atoms with Crippen LogP contribution in [0, 0.1) is 6.92 Å². The number of hydrogen-bond donors (Lipinski definition) is 0. The normalized spacial score (nSPS) is 22.8. The molecule has 26 heavy (non-hydrogen) atoms.